The van der Waals surface area contributed by atoms with Gasteiger partial charge in [-0.1, -0.05) is 5.16 Å². The van der Waals surface area contributed by atoms with Crippen molar-refractivity contribution in [2.24, 2.45) is 10.9 Å². The summed E-state index contributed by atoms with van der Waals surface area (Å²) in [6.45, 7) is 1.17. The molecule has 0 unspecified atom stereocenters. The molecule has 6 nitrogen and oxygen atoms in total. The highest BCUT2D eigenvalue weighted by molar-refractivity contribution is 9.10. The summed E-state index contributed by atoms with van der Waals surface area (Å²) in [6, 6.07) is 7.00. The van der Waals surface area contributed by atoms with Gasteiger partial charge in [-0.2, -0.15) is 5.10 Å². The first-order valence-electron chi connectivity index (χ1n) is 5.58. The van der Waals surface area contributed by atoms with Crippen LogP contribution in [0.5, 0.6) is 5.75 Å². The first-order chi connectivity index (χ1) is 9.19. The van der Waals surface area contributed by atoms with E-state index in [0.717, 1.165) is 10.2 Å². The summed E-state index contributed by atoms with van der Waals surface area (Å²) in [6.07, 6.45) is 3.61. The van der Waals surface area contributed by atoms with Crippen LogP contribution in [0.4, 0.5) is 0 Å². The van der Waals surface area contributed by atoms with E-state index in [1.54, 1.807) is 35.1 Å². The Balaban J connectivity index is 1.86. The van der Waals surface area contributed by atoms with Crippen LogP contribution in [0, 0.1) is 0 Å². The molecule has 100 valence electrons. The fraction of sp³-hybridized carbons (Fsp3) is 0.167. The van der Waals surface area contributed by atoms with E-state index in [1.165, 1.54) is 0 Å². The van der Waals surface area contributed by atoms with Crippen molar-refractivity contribution < 1.29 is 9.94 Å². The highest BCUT2D eigenvalue weighted by atomic mass is 79.9. The predicted octanol–water partition coefficient (Wildman–Crippen LogP) is 1.82. The van der Waals surface area contributed by atoms with Crippen LogP contribution in [-0.4, -0.2) is 27.4 Å². The van der Waals surface area contributed by atoms with Crippen LogP contribution in [0.15, 0.2) is 46.3 Å². The molecule has 3 N–H and O–H groups in total. The molecule has 0 fully saturated rings. The van der Waals surface area contributed by atoms with Gasteiger partial charge in [-0.15, -0.1) is 0 Å². The number of amidine groups is 1. The van der Waals surface area contributed by atoms with Gasteiger partial charge >= 0.3 is 0 Å². The number of hydrogen-bond donors (Lipinski definition) is 2. The monoisotopic (exact) mass is 324 g/mol. The summed E-state index contributed by atoms with van der Waals surface area (Å²) in [4.78, 5) is 0. The van der Waals surface area contributed by atoms with Crippen LogP contribution < -0.4 is 10.5 Å². The molecule has 0 bridgehead atoms. The number of oxime groups is 1. The SMILES string of the molecule is NC(=NO)c1ccc(OCCn2cc(Br)cn2)cc1. The Morgan fingerprint density at radius 3 is 2.74 bits per heavy atom. The maximum absolute atomic E-state index is 8.55. The summed E-state index contributed by atoms with van der Waals surface area (Å²) in [7, 11) is 0. The first kappa shape index (κ1) is 13.4. The number of halogens is 1. The Morgan fingerprint density at radius 2 is 2.16 bits per heavy atom. The van der Waals surface area contributed by atoms with E-state index in [4.69, 9.17) is 15.7 Å². The smallest absolute Gasteiger partial charge is 0.170 e. The molecule has 0 amide bonds. The summed E-state index contributed by atoms with van der Waals surface area (Å²) < 4.78 is 8.30. The summed E-state index contributed by atoms with van der Waals surface area (Å²) in [5, 5.41) is 15.6. The zero-order valence-electron chi connectivity index (χ0n) is 10.0. The topological polar surface area (TPSA) is 85.7 Å². The van der Waals surface area contributed by atoms with Gasteiger partial charge < -0.3 is 15.7 Å². The molecule has 19 heavy (non-hydrogen) atoms. The second-order valence-electron chi connectivity index (χ2n) is 3.78. The Morgan fingerprint density at radius 1 is 1.42 bits per heavy atom. The Bertz CT molecular complexity index is 565. The molecule has 2 rings (SSSR count). The van der Waals surface area contributed by atoms with Gasteiger partial charge in [-0.05, 0) is 40.2 Å². The third-order valence-electron chi connectivity index (χ3n) is 2.45. The van der Waals surface area contributed by atoms with E-state index in [0.29, 0.717) is 18.7 Å². The van der Waals surface area contributed by atoms with E-state index in [2.05, 4.69) is 26.2 Å². The van der Waals surface area contributed by atoms with Crippen LogP contribution in [0.3, 0.4) is 0 Å². The molecular weight excluding hydrogens is 312 g/mol. The molecule has 1 aromatic carbocycles. The standard InChI is InChI=1S/C12H13BrN4O2/c13-10-7-15-17(8-10)5-6-19-11-3-1-9(2-4-11)12(14)16-18/h1-4,7-8,18H,5-6H2,(H2,14,16). The number of hydrogen-bond acceptors (Lipinski definition) is 4. The maximum Gasteiger partial charge on any atom is 0.170 e. The summed E-state index contributed by atoms with van der Waals surface area (Å²) in [5.74, 6) is 0.800. The van der Waals surface area contributed by atoms with Gasteiger partial charge in [0.1, 0.15) is 12.4 Å². The van der Waals surface area contributed by atoms with Crippen LogP contribution >= 0.6 is 15.9 Å². The number of nitrogens with two attached hydrogens (primary N) is 1. The Kier molecular flexibility index (Phi) is 4.40. The molecule has 1 aromatic heterocycles. The summed E-state index contributed by atoms with van der Waals surface area (Å²) >= 11 is 3.33. The molecule has 0 atom stereocenters. The number of nitrogens with zero attached hydrogens (tertiary/aromatic N) is 3. The van der Waals surface area contributed by atoms with E-state index < -0.39 is 0 Å². The molecule has 0 radical (unpaired) electrons. The van der Waals surface area contributed by atoms with E-state index in [1.807, 2.05) is 6.20 Å². The van der Waals surface area contributed by atoms with E-state index >= 15 is 0 Å². The third kappa shape index (κ3) is 3.72. The van der Waals surface area contributed by atoms with Crippen molar-refractivity contribution in [2.75, 3.05) is 6.61 Å². The Hall–Kier alpha value is -2.02. The molecule has 0 saturated heterocycles. The lowest BCUT2D eigenvalue weighted by Gasteiger charge is -2.07. The molecule has 7 heteroatoms. The van der Waals surface area contributed by atoms with Crippen molar-refractivity contribution in [3.8, 4) is 5.75 Å². The molecular formula is C12H13BrN4O2. The van der Waals surface area contributed by atoms with Crippen molar-refractivity contribution in [3.63, 3.8) is 0 Å². The molecule has 0 saturated carbocycles. The van der Waals surface area contributed by atoms with Crippen molar-refractivity contribution in [2.45, 2.75) is 6.54 Å². The van der Waals surface area contributed by atoms with Gasteiger partial charge in [0.05, 0.1) is 17.2 Å². The fourth-order valence-electron chi connectivity index (χ4n) is 1.50. The Labute approximate surface area is 118 Å². The summed E-state index contributed by atoms with van der Waals surface area (Å²) in [5.41, 5.74) is 6.11. The second-order valence-corrected chi connectivity index (χ2v) is 4.70. The third-order valence-corrected chi connectivity index (χ3v) is 2.86. The highest BCUT2D eigenvalue weighted by Gasteiger charge is 2.00. The van der Waals surface area contributed by atoms with Gasteiger partial charge in [0.2, 0.25) is 0 Å². The fourth-order valence-corrected chi connectivity index (χ4v) is 1.83. The van der Waals surface area contributed by atoms with Gasteiger partial charge in [-0.25, -0.2) is 0 Å². The minimum atomic E-state index is 0.0768. The number of rotatable bonds is 5. The van der Waals surface area contributed by atoms with Crippen molar-refractivity contribution in [1.82, 2.24) is 9.78 Å². The molecule has 0 aliphatic rings. The molecule has 0 spiro atoms. The first-order valence-corrected chi connectivity index (χ1v) is 6.37. The highest BCUT2D eigenvalue weighted by Crippen LogP contribution is 2.12. The zero-order chi connectivity index (χ0) is 13.7. The number of benzene rings is 1. The van der Waals surface area contributed by atoms with Crippen LogP contribution in [0.1, 0.15) is 5.56 Å². The van der Waals surface area contributed by atoms with Crippen LogP contribution in [0.2, 0.25) is 0 Å². The quantitative estimate of drug-likeness (QED) is 0.380. The van der Waals surface area contributed by atoms with Crippen molar-refractivity contribution >= 4 is 21.8 Å². The predicted molar refractivity (Wildman–Crippen MR) is 74.4 cm³/mol. The van der Waals surface area contributed by atoms with Crippen LogP contribution in [0.25, 0.3) is 0 Å². The van der Waals surface area contributed by atoms with E-state index in [-0.39, 0.29) is 5.84 Å². The molecule has 0 aliphatic carbocycles. The minimum absolute atomic E-state index is 0.0768. The number of aromatic nitrogens is 2. The maximum atomic E-state index is 8.55. The zero-order valence-corrected chi connectivity index (χ0v) is 11.6. The lowest BCUT2D eigenvalue weighted by molar-refractivity contribution is 0.291. The van der Waals surface area contributed by atoms with Crippen LogP contribution in [-0.2, 0) is 6.54 Å². The molecule has 2 aromatic rings. The largest absolute Gasteiger partial charge is 0.492 e. The lowest BCUT2D eigenvalue weighted by atomic mass is 10.2. The van der Waals surface area contributed by atoms with Gasteiger partial charge in [0.25, 0.3) is 0 Å². The average Bonchev–Trinajstić information content (AvgIpc) is 2.84. The van der Waals surface area contributed by atoms with E-state index in [9.17, 15) is 0 Å². The molecule has 1 heterocycles. The molecule has 0 aliphatic heterocycles. The average molecular weight is 325 g/mol. The lowest BCUT2D eigenvalue weighted by Crippen LogP contribution is -2.13. The van der Waals surface area contributed by atoms with Crippen molar-refractivity contribution in [1.29, 1.82) is 0 Å². The second kappa shape index (κ2) is 6.24. The van der Waals surface area contributed by atoms with Gasteiger partial charge in [0.15, 0.2) is 5.84 Å². The van der Waals surface area contributed by atoms with Crippen molar-refractivity contribution in [3.05, 3.63) is 46.7 Å². The minimum Gasteiger partial charge on any atom is -0.492 e. The normalized spacial score (nSPS) is 11.5. The van der Waals surface area contributed by atoms with Gasteiger partial charge in [-0.3, -0.25) is 4.68 Å². The number of ether oxygens (including phenoxy) is 1. The van der Waals surface area contributed by atoms with Gasteiger partial charge in [0, 0.05) is 11.8 Å².